The summed E-state index contributed by atoms with van der Waals surface area (Å²) in [5.74, 6) is -0.210. The molecule has 0 spiro atoms. The number of benzene rings is 1. The lowest BCUT2D eigenvalue weighted by Gasteiger charge is -2.23. The minimum absolute atomic E-state index is 0.0797. The Morgan fingerprint density at radius 2 is 2.28 bits per heavy atom. The predicted octanol–water partition coefficient (Wildman–Crippen LogP) is 0.626. The van der Waals surface area contributed by atoms with Gasteiger partial charge >= 0.3 is 0 Å². The smallest absolute Gasteiger partial charge is 0.243 e. The van der Waals surface area contributed by atoms with Gasteiger partial charge < -0.3 is 10.6 Å². The lowest BCUT2D eigenvalue weighted by molar-refractivity contribution is -0.124. The van der Waals surface area contributed by atoms with Crippen LogP contribution in [0.4, 0.5) is 5.69 Å². The highest BCUT2D eigenvalue weighted by atomic mass is 127. The summed E-state index contributed by atoms with van der Waals surface area (Å²) in [4.78, 5) is 22.9. The topological polar surface area (TPSA) is 70.2 Å². The van der Waals surface area contributed by atoms with Crippen molar-refractivity contribution >= 4 is 40.1 Å². The van der Waals surface area contributed by atoms with Gasteiger partial charge in [-0.1, -0.05) is 6.07 Å². The molecule has 1 unspecified atom stereocenters. The van der Waals surface area contributed by atoms with Crippen LogP contribution in [0.2, 0.25) is 0 Å². The van der Waals surface area contributed by atoms with Gasteiger partial charge in [-0.2, -0.15) is 0 Å². The average Bonchev–Trinajstić information content (AvgIpc) is 2.34. The molecule has 3 N–H and O–H groups in total. The highest BCUT2D eigenvalue weighted by Gasteiger charge is 2.23. The van der Waals surface area contributed by atoms with Gasteiger partial charge in [0.05, 0.1) is 6.54 Å². The molecule has 1 atom stereocenters. The number of halogens is 1. The molecule has 96 valence electrons. The van der Waals surface area contributed by atoms with E-state index >= 15 is 0 Å². The average molecular weight is 359 g/mol. The van der Waals surface area contributed by atoms with Gasteiger partial charge in [-0.25, -0.2) is 0 Å². The highest BCUT2D eigenvalue weighted by molar-refractivity contribution is 14.1. The molecule has 5 nitrogen and oxygen atoms in total. The van der Waals surface area contributed by atoms with E-state index in [1.807, 2.05) is 25.1 Å². The van der Waals surface area contributed by atoms with Crippen LogP contribution >= 0.6 is 22.6 Å². The first-order valence-corrected chi connectivity index (χ1v) is 6.71. The van der Waals surface area contributed by atoms with Crippen LogP contribution in [0.1, 0.15) is 5.56 Å². The fraction of sp³-hybridized carbons (Fsp3) is 0.333. The molecule has 1 fully saturated rings. The molecule has 1 saturated heterocycles. The van der Waals surface area contributed by atoms with E-state index in [9.17, 15) is 9.59 Å². The highest BCUT2D eigenvalue weighted by Crippen LogP contribution is 2.17. The third kappa shape index (κ3) is 3.20. The minimum Gasteiger partial charge on any atom is -0.353 e. The molecule has 18 heavy (non-hydrogen) atoms. The van der Waals surface area contributed by atoms with Crippen molar-refractivity contribution in [3.8, 4) is 0 Å². The summed E-state index contributed by atoms with van der Waals surface area (Å²) in [6.45, 7) is 2.53. The Kier molecular flexibility index (Phi) is 4.18. The van der Waals surface area contributed by atoms with Crippen molar-refractivity contribution in [3.05, 3.63) is 27.3 Å². The second-order valence-corrected chi connectivity index (χ2v) is 5.35. The summed E-state index contributed by atoms with van der Waals surface area (Å²) in [5, 5.41) is 8.38. The first kappa shape index (κ1) is 13.3. The monoisotopic (exact) mass is 359 g/mol. The number of rotatable bonds is 2. The maximum Gasteiger partial charge on any atom is 0.243 e. The molecular formula is C12H14IN3O2. The Labute approximate surface area is 119 Å². The van der Waals surface area contributed by atoms with Crippen molar-refractivity contribution in [1.29, 1.82) is 0 Å². The molecule has 1 aromatic carbocycles. The molecule has 2 amide bonds. The number of piperazine rings is 1. The number of carbonyl (C=O) groups is 2. The molecule has 1 aromatic rings. The molecule has 1 heterocycles. The molecule has 0 radical (unpaired) electrons. The van der Waals surface area contributed by atoms with Crippen LogP contribution in [-0.2, 0) is 9.59 Å². The van der Waals surface area contributed by atoms with Gasteiger partial charge in [0.25, 0.3) is 0 Å². The molecule has 1 aliphatic heterocycles. The van der Waals surface area contributed by atoms with Gasteiger partial charge in [0.1, 0.15) is 6.04 Å². The zero-order valence-corrected chi connectivity index (χ0v) is 12.1. The zero-order chi connectivity index (χ0) is 13.1. The van der Waals surface area contributed by atoms with Gasteiger partial charge in [0.15, 0.2) is 0 Å². The van der Waals surface area contributed by atoms with E-state index in [2.05, 4.69) is 38.5 Å². The van der Waals surface area contributed by atoms with Gasteiger partial charge in [-0.05, 0) is 47.2 Å². The minimum atomic E-state index is -0.373. The standard InChI is InChI=1S/C12H14IN3O2/c1-7-2-3-8(4-9(7)13)16-12(18)10-5-15-11(17)6-14-10/h2-4,10,14H,5-6H2,1H3,(H,15,17)(H,16,18). The molecule has 0 bridgehead atoms. The SMILES string of the molecule is Cc1ccc(NC(=O)C2CNC(=O)CN2)cc1I. The third-order valence-corrected chi connectivity index (χ3v) is 3.93. The summed E-state index contributed by atoms with van der Waals surface area (Å²) >= 11 is 2.23. The van der Waals surface area contributed by atoms with Crippen LogP contribution in [0.15, 0.2) is 18.2 Å². The summed E-state index contributed by atoms with van der Waals surface area (Å²) in [6, 6.07) is 5.39. The second-order valence-electron chi connectivity index (χ2n) is 4.19. The zero-order valence-electron chi connectivity index (χ0n) is 9.92. The van der Waals surface area contributed by atoms with Crippen LogP contribution < -0.4 is 16.0 Å². The maximum absolute atomic E-state index is 11.9. The first-order chi connectivity index (χ1) is 8.56. The van der Waals surface area contributed by atoms with E-state index in [1.165, 1.54) is 5.56 Å². The number of hydrogen-bond acceptors (Lipinski definition) is 3. The number of nitrogens with one attached hydrogen (secondary N) is 3. The van der Waals surface area contributed by atoms with Gasteiger partial charge in [0.2, 0.25) is 11.8 Å². The van der Waals surface area contributed by atoms with Crippen molar-refractivity contribution < 1.29 is 9.59 Å². The number of amides is 2. The van der Waals surface area contributed by atoms with E-state index in [-0.39, 0.29) is 24.4 Å². The van der Waals surface area contributed by atoms with Crippen molar-refractivity contribution in [2.24, 2.45) is 0 Å². The largest absolute Gasteiger partial charge is 0.353 e. The van der Waals surface area contributed by atoms with E-state index in [0.29, 0.717) is 6.54 Å². The Hall–Kier alpha value is -1.15. The third-order valence-electron chi connectivity index (χ3n) is 2.77. The first-order valence-electron chi connectivity index (χ1n) is 5.63. The van der Waals surface area contributed by atoms with Gasteiger partial charge in [0, 0.05) is 15.8 Å². The predicted molar refractivity (Wildman–Crippen MR) is 77.3 cm³/mol. The maximum atomic E-state index is 11.9. The lowest BCUT2D eigenvalue weighted by atomic mass is 10.2. The lowest BCUT2D eigenvalue weighted by Crippen LogP contribution is -2.56. The normalized spacial score (nSPS) is 19.2. The fourth-order valence-electron chi connectivity index (χ4n) is 1.65. The van der Waals surface area contributed by atoms with Gasteiger partial charge in [-0.15, -0.1) is 0 Å². The van der Waals surface area contributed by atoms with Crippen molar-refractivity contribution in [3.63, 3.8) is 0 Å². The Morgan fingerprint density at radius 3 is 2.89 bits per heavy atom. The summed E-state index contributed by atoms with van der Waals surface area (Å²) in [7, 11) is 0. The van der Waals surface area contributed by atoms with E-state index in [4.69, 9.17) is 0 Å². The van der Waals surface area contributed by atoms with E-state index in [1.54, 1.807) is 0 Å². The van der Waals surface area contributed by atoms with Crippen LogP contribution in [0.5, 0.6) is 0 Å². The Balaban J connectivity index is 1.98. The van der Waals surface area contributed by atoms with Crippen LogP contribution in [-0.4, -0.2) is 30.9 Å². The number of aryl methyl sites for hydroxylation is 1. The molecule has 1 aliphatic rings. The quantitative estimate of drug-likeness (QED) is 0.679. The van der Waals surface area contributed by atoms with Crippen LogP contribution in [0, 0.1) is 10.5 Å². The Morgan fingerprint density at radius 1 is 1.50 bits per heavy atom. The number of hydrogen-bond donors (Lipinski definition) is 3. The van der Waals surface area contributed by atoms with Gasteiger partial charge in [-0.3, -0.25) is 14.9 Å². The fourth-order valence-corrected chi connectivity index (χ4v) is 2.17. The number of anilines is 1. The molecule has 2 rings (SSSR count). The van der Waals surface area contributed by atoms with Crippen LogP contribution in [0.3, 0.4) is 0 Å². The molecule has 6 heteroatoms. The van der Waals surface area contributed by atoms with Crippen molar-refractivity contribution in [2.75, 3.05) is 18.4 Å². The molecule has 0 aliphatic carbocycles. The molecule has 0 aromatic heterocycles. The molecular weight excluding hydrogens is 345 g/mol. The van der Waals surface area contributed by atoms with Crippen molar-refractivity contribution in [1.82, 2.24) is 10.6 Å². The van der Waals surface area contributed by atoms with E-state index in [0.717, 1.165) is 9.26 Å². The number of carbonyl (C=O) groups excluding carboxylic acids is 2. The summed E-state index contributed by atoms with van der Waals surface area (Å²) in [5.41, 5.74) is 1.95. The van der Waals surface area contributed by atoms with E-state index < -0.39 is 0 Å². The molecule has 0 saturated carbocycles. The Bertz CT molecular complexity index is 480. The van der Waals surface area contributed by atoms with Crippen molar-refractivity contribution in [2.45, 2.75) is 13.0 Å². The summed E-state index contributed by atoms with van der Waals surface area (Å²) < 4.78 is 1.11. The van der Waals surface area contributed by atoms with Crippen LogP contribution in [0.25, 0.3) is 0 Å². The second kappa shape index (κ2) is 5.66. The summed E-state index contributed by atoms with van der Waals surface area (Å²) in [6.07, 6.45) is 0.